The molecule has 0 radical (unpaired) electrons. The predicted octanol–water partition coefficient (Wildman–Crippen LogP) is 5.56. The topological polar surface area (TPSA) is 92.9 Å². The van der Waals surface area contributed by atoms with Crippen molar-refractivity contribution < 1.29 is 19.1 Å². The van der Waals surface area contributed by atoms with Gasteiger partial charge in [-0.1, -0.05) is 29.8 Å². The summed E-state index contributed by atoms with van der Waals surface area (Å²) in [6.07, 6.45) is 1.31. The summed E-state index contributed by atoms with van der Waals surface area (Å²) >= 11 is 6.05. The summed E-state index contributed by atoms with van der Waals surface area (Å²) in [5, 5.41) is 0.616. The monoisotopic (exact) mass is 533 g/mol. The van der Waals surface area contributed by atoms with Crippen LogP contribution in [0.15, 0.2) is 72.8 Å². The Bertz CT molecular complexity index is 1290. The lowest BCUT2D eigenvalue weighted by atomic mass is 9.84. The molecule has 1 aliphatic rings. The smallest absolute Gasteiger partial charge is 0.258 e. The third kappa shape index (κ3) is 6.00. The average molecular weight is 534 g/mol. The van der Waals surface area contributed by atoms with Gasteiger partial charge >= 0.3 is 0 Å². The number of halogens is 1. The summed E-state index contributed by atoms with van der Waals surface area (Å²) in [5.74, 6) is -0.260. The number of amides is 3. The molecular formula is C30H32ClN3O4. The third-order valence-electron chi connectivity index (χ3n) is 6.76. The van der Waals surface area contributed by atoms with Gasteiger partial charge in [-0.05, 0) is 86.8 Å². The van der Waals surface area contributed by atoms with Crippen molar-refractivity contribution in [1.82, 2.24) is 0 Å². The number of carbonyl (C=O) groups excluding carboxylic acids is 3. The molecule has 38 heavy (non-hydrogen) atoms. The number of primary amides is 1. The number of nitrogens with two attached hydrogens (primary N) is 1. The molecule has 0 spiro atoms. The predicted molar refractivity (Wildman–Crippen MR) is 150 cm³/mol. The van der Waals surface area contributed by atoms with Crippen LogP contribution in [0, 0.1) is 0 Å². The van der Waals surface area contributed by atoms with E-state index in [4.69, 9.17) is 22.1 Å². The molecule has 8 heteroatoms. The van der Waals surface area contributed by atoms with Crippen LogP contribution in [0.3, 0.4) is 0 Å². The summed E-state index contributed by atoms with van der Waals surface area (Å²) in [7, 11) is 0. The number of anilines is 2. The van der Waals surface area contributed by atoms with E-state index in [-0.39, 0.29) is 36.1 Å². The normalized spacial score (nSPS) is 16.4. The quantitative estimate of drug-likeness (QED) is 0.364. The number of rotatable bonds is 9. The van der Waals surface area contributed by atoms with Crippen LogP contribution in [0.5, 0.6) is 5.75 Å². The Morgan fingerprint density at radius 1 is 1.03 bits per heavy atom. The van der Waals surface area contributed by atoms with Crippen LogP contribution in [-0.4, -0.2) is 36.9 Å². The summed E-state index contributed by atoms with van der Waals surface area (Å²) in [6, 6.07) is 21.6. The van der Waals surface area contributed by atoms with Gasteiger partial charge in [-0.3, -0.25) is 14.4 Å². The van der Waals surface area contributed by atoms with E-state index in [0.717, 1.165) is 16.9 Å². The van der Waals surface area contributed by atoms with Crippen LogP contribution in [0.1, 0.15) is 54.9 Å². The highest BCUT2D eigenvalue weighted by molar-refractivity contribution is 6.30. The second kappa shape index (κ2) is 12.1. The van der Waals surface area contributed by atoms with E-state index in [1.54, 1.807) is 46.2 Å². The van der Waals surface area contributed by atoms with Crippen molar-refractivity contribution in [3.05, 3.63) is 88.9 Å². The summed E-state index contributed by atoms with van der Waals surface area (Å²) in [6.45, 7) is 4.81. The first-order chi connectivity index (χ1) is 18.3. The van der Waals surface area contributed by atoms with Crippen LogP contribution in [0.4, 0.5) is 11.4 Å². The minimum atomic E-state index is -0.378. The molecule has 3 aromatic rings. The lowest BCUT2D eigenvalue weighted by molar-refractivity contribution is -0.120. The van der Waals surface area contributed by atoms with E-state index < -0.39 is 0 Å². The molecule has 0 bridgehead atoms. The fraction of sp³-hybridized carbons (Fsp3) is 0.300. The third-order valence-corrected chi connectivity index (χ3v) is 7.02. The summed E-state index contributed by atoms with van der Waals surface area (Å²) in [4.78, 5) is 41.9. The lowest BCUT2D eigenvalue weighted by Gasteiger charge is -2.40. The lowest BCUT2D eigenvalue weighted by Crippen LogP contribution is -2.46. The van der Waals surface area contributed by atoms with Crippen molar-refractivity contribution in [2.45, 2.75) is 45.1 Å². The van der Waals surface area contributed by atoms with Crippen molar-refractivity contribution >= 4 is 40.7 Å². The molecule has 198 valence electrons. The Kier molecular flexibility index (Phi) is 8.69. The maximum Gasteiger partial charge on any atom is 0.258 e. The fourth-order valence-electron chi connectivity index (χ4n) is 4.90. The Balaban J connectivity index is 1.55. The van der Waals surface area contributed by atoms with E-state index in [2.05, 4.69) is 0 Å². The molecule has 4 rings (SSSR count). The highest BCUT2D eigenvalue weighted by Crippen LogP contribution is 2.41. The number of hydrogen-bond donors (Lipinski definition) is 1. The number of benzene rings is 3. The number of para-hydroxylation sites is 1. The van der Waals surface area contributed by atoms with E-state index >= 15 is 0 Å². The minimum Gasteiger partial charge on any atom is -0.494 e. The Hall–Kier alpha value is -3.84. The second-order valence-electron chi connectivity index (χ2n) is 9.37. The van der Waals surface area contributed by atoms with Gasteiger partial charge in [-0.2, -0.15) is 0 Å². The maximum atomic E-state index is 13.8. The number of likely N-dealkylation sites (N-methyl/N-ethyl adjacent to an activating group) is 1. The number of carbonyl (C=O) groups is 3. The molecule has 0 saturated heterocycles. The van der Waals surface area contributed by atoms with Gasteiger partial charge in [0.2, 0.25) is 11.8 Å². The number of nitrogens with zero attached hydrogens (tertiary/aromatic N) is 2. The number of fused-ring (bicyclic) bond motifs is 1. The summed E-state index contributed by atoms with van der Waals surface area (Å²) < 4.78 is 5.65. The molecule has 0 aromatic heterocycles. The standard InChI is InChI=1S/C30H32ClN3O4/c1-3-33(23-14-12-22(31)13-15-23)30(37)26-19-20(2)34(27-8-5-4-7-25(26)27)29(36)21-10-16-24(17-11-21)38-18-6-9-28(32)35/h4-5,7-8,10-17,20,26H,3,6,9,18-19H2,1-2H3,(H2,32,35)/t20?,26-/m0/s1. The molecule has 3 amide bonds. The van der Waals surface area contributed by atoms with Gasteiger partial charge in [0.05, 0.1) is 12.5 Å². The Labute approximate surface area is 228 Å². The molecular weight excluding hydrogens is 502 g/mol. The van der Waals surface area contributed by atoms with Gasteiger partial charge in [0, 0.05) is 41.0 Å². The van der Waals surface area contributed by atoms with Crippen LogP contribution < -0.4 is 20.3 Å². The second-order valence-corrected chi connectivity index (χ2v) is 9.81. The van der Waals surface area contributed by atoms with Gasteiger partial charge in [0.25, 0.3) is 5.91 Å². The summed E-state index contributed by atoms with van der Waals surface area (Å²) in [5.41, 5.74) is 8.06. The molecule has 1 aliphatic heterocycles. The highest BCUT2D eigenvalue weighted by atomic mass is 35.5. The van der Waals surface area contributed by atoms with E-state index in [0.29, 0.717) is 42.3 Å². The molecule has 0 aliphatic carbocycles. The SMILES string of the molecule is CCN(C(=O)[C@H]1CC(C)N(C(=O)c2ccc(OCCCC(N)=O)cc2)c2ccccc21)c1ccc(Cl)cc1. The molecule has 0 fully saturated rings. The fourth-order valence-corrected chi connectivity index (χ4v) is 5.03. The van der Waals surface area contributed by atoms with Crippen molar-refractivity contribution in [1.29, 1.82) is 0 Å². The first-order valence-corrected chi connectivity index (χ1v) is 13.2. The van der Waals surface area contributed by atoms with Crippen molar-refractivity contribution in [2.24, 2.45) is 5.73 Å². The van der Waals surface area contributed by atoms with Crippen molar-refractivity contribution in [3.8, 4) is 5.75 Å². The van der Waals surface area contributed by atoms with E-state index in [9.17, 15) is 14.4 Å². The largest absolute Gasteiger partial charge is 0.494 e. The average Bonchev–Trinajstić information content (AvgIpc) is 2.92. The zero-order valence-electron chi connectivity index (χ0n) is 21.6. The first kappa shape index (κ1) is 27.2. The van der Waals surface area contributed by atoms with E-state index in [1.807, 2.05) is 50.2 Å². The molecule has 2 N–H and O–H groups in total. The van der Waals surface area contributed by atoms with Crippen LogP contribution >= 0.6 is 11.6 Å². The molecule has 7 nitrogen and oxygen atoms in total. The highest BCUT2D eigenvalue weighted by Gasteiger charge is 2.38. The van der Waals surface area contributed by atoms with Crippen molar-refractivity contribution in [3.63, 3.8) is 0 Å². The van der Waals surface area contributed by atoms with Gasteiger partial charge in [0.15, 0.2) is 0 Å². The zero-order valence-corrected chi connectivity index (χ0v) is 22.4. The van der Waals surface area contributed by atoms with Gasteiger partial charge < -0.3 is 20.3 Å². The van der Waals surface area contributed by atoms with E-state index in [1.165, 1.54) is 0 Å². The molecule has 1 heterocycles. The van der Waals surface area contributed by atoms with Crippen LogP contribution in [0.2, 0.25) is 5.02 Å². The van der Waals surface area contributed by atoms with Crippen molar-refractivity contribution in [2.75, 3.05) is 23.0 Å². The number of ether oxygens (including phenoxy) is 1. The first-order valence-electron chi connectivity index (χ1n) is 12.8. The number of hydrogen-bond acceptors (Lipinski definition) is 4. The van der Waals surface area contributed by atoms with Crippen LogP contribution in [-0.2, 0) is 9.59 Å². The van der Waals surface area contributed by atoms with Gasteiger partial charge in [0.1, 0.15) is 5.75 Å². The van der Waals surface area contributed by atoms with Crippen LogP contribution in [0.25, 0.3) is 0 Å². The molecule has 0 saturated carbocycles. The van der Waals surface area contributed by atoms with Gasteiger partial charge in [-0.15, -0.1) is 0 Å². The van der Waals surface area contributed by atoms with Gasteiger partial charge in [-0.25, -0.2) is 0 Å². The Morgan fingerprint density at radius 3 is 2.37 bits per heavy atom. The maximum absolute atomic E-state index is 13.8. The Morgan fingerprint density at radius 2 is 1.71 bits per heavy atom. The zero-order chi connectivity index (χ0) is 27.2. The molecule has 3 aromatic carbocycles. The molecule has 1 unspecified atom stereocenters. The molecule has 2 atom stereocenters. The minimum absolute atomic E-state index is 0.000872.